The normalized spacial score (nSPS) is 14.8. The quantitative estimate of drug-likeness (QED) is 0.441. The van der Waals surface area contributed by atoms with Crippen LogP contribution in [0.4, 0.5) is 4.39 Å². The van der Waals surface area contributed by atoms with Gasteiger partial charge < -0.3 is 4.90 Å². The van der Waals surface area contributed by atoms with Gasteiger partial charge >= 0.3 is 0 Å². The van der Waals surface area contributed by atoms with E-state index in [2.05, 4.69) is 17.0 Å². The van der Waals surface area contributed by atoms with Gasteiger partial charge in [-0.15, -0.1) is 11.3 Å². The van der Waals surface area contributed by atoms with E-state index in [9.17, 15) is 14.0 Å². The number of rotatable bonds is 4. The van der Waals surface area contributed by atoms with Crippen molar-refractivity contribution in [2.24, 2.45) is 5.92 Å². The molecule has 0 bridgehead atoms. The molecule has 0 unspecified atom stereocenters. The molecule has 1 saturated heterocycles. The van der Waals surface area contributed by atoms with E-state index >= 15 is 0 Å². The number of hydrogen-bond acceptors (Lipinski definition) is 5. The third-order valence-electron chi connectivity index (χ3n) is 6.49. The van der Waals surface area contributed by atoms with Crippen molar-refractivity contribution in [3.05, 3.63) is 69.0 Å². The third kappa shape index (κ3) is 4.04. The number of halogens is 1. The van der Waals surface area contributed by atoms with Crippen molar-refractivity contribution < 1.29 is 9.18 Å². The lowest BCUT2D eigenvalue weighted by Crippen LogP contribution is -2.39. The lowest BCUT2D eigenvalue weighted by Gasteiger charge is -2.30. The molecule has 176 valence electrons. The smallest absolute Gasteiger partial charge is 0.268 e. The SMILES string of the molecule is Cc1nc2scc(CC(=O)N3CCC(C)CC3)n2c(=O)c1-c1cc(C)n(-c2cccc(F)c2)n1. The zero-order chi connectivity index (χ0) is 24.0. The van der Waals surface area contributed by atoms with Crippen LogP contribution in [-0.2, 0) is 11.2 Å². The monoisotopic (exact) mass is 479 g/mol. The van der Waals surface area contributed by atoms with Gasteiger partial charge in [-0.3, -0.25) is 14.0 Å². The van der Waals surface area contributed by atoms with Gasteiger partial charge in [0.2, 0.25) is 5.91 Å². The molecule has 1 aliphatic heterocycles. The van der Waals surface area contributed by atoms with Crippen LogP contribution in [0.1, 0.15) is 36.8 Å². The molecule has 0 N–H and O–H groups in total. The molecule has 5 rings (SSSR count). The molecule has 1 amide bonds. The Bertz CT molecular complexity index is 1450. The summed E-state index contributed by atoms with van der Waals surface area (Å²) in [5.41, 5.74) is 3.16. The molecule has 4 aromatic rings. The third-order valence-corrected chi connectivity index (χ3v) is 7.36. The van der Waals surface area contributed by atoms with Crippen LogP contribution in [0, 0.1) is 25.6 Å². The van der Waals surface area contributed by atoms with Crippen LogP contribution in [0.2, 0.25) is 0 Å². The molecule has 1 fully saturated rings. The minimum atomic E-state index is -0.357. The number of piperidine rings is 1. The Kier molecular flexibility index (Phi) is 5.81. The molecule has 3 aromatic heterocycles. The first-order chi connectivity index (χ1) is 16.3. The van der Waals surface area contributed by atoms with Crippen LogP contribution in [0.25, 0.3) is 21.9 Å². The molecule has 4 heterocycles. The highest BCUT2D eigenvalue weighted by Gasteiger charge is 2.24. The number of likely N-dealkylation sites (tertiary alicyclic amines) is 1. The number of carbonyl (C=O) groups is 1. The Hall–Kier alpha value is -3.33. The largest absolute Gasteiger partial charge is 0.342 e. The average Bonchev–Trinajstić information content (AvgIpc) is 3.37. The van der Waals surface area contributed by atoms with E-state index in [0.29, 0.717) is 39.2 Å². The Labute approximate surface area is 200 Å². The van der Waals surface area contributed by atoms with Gasteiger partial charge in [0.1, 0.15) is 11.5 Å². The predicted molar refractivity (Wildman–Crippen MR) is 130 cm³/mol. The summed E-state index contributed by atoms with van der Waals surface area (Å²) in [6, 6.07) is 7.96. The van der Waals surface area contributed by atoms with Gasteiger partial charge in [0.05, 0.1) is 23.4 Å². The van der Waals surface area contributed by atoms with Crippen LogP contribution in [0.3, 0.4) is 0 Å². The summed E-state index contributed by atoms with van der Waals surface area (Å²) in [4.78, 5) is 33.7. The van der Waals surface area contributed by atoms with Crippen LogP contribution in [-0.4, -0.2) is 43.1 Å². The maximum absolute atomic E-state index is 13.7. The second-order valence-electron chi connectivity index (χ2n) is 9.03. The zero-order valence-electron chi connectivity index (χ0n) is 19.4. The van der Waals surface area contributed by atoms with Crippen molar-refractivity contribution in [1.82, 2.24) is 24.1 Å². The molecule has 0 radical (unpaired) electrons. The van der Waals surface area contributed by atoms with Gasteiger partial charge in [0, 0.05) is 29.9 Å². The van der Waals surface area contributed by atoms with Gasteiger partial charge in [-0.25, -0.2) is 14.1 Å². The van der Waals surface area contributed by atoms with Crippen LogP contribution < -0.4 is 5.56 Å². The molecule has 34 heavy (non-hydrogen) atoms. The summed E-state index contributed by atoms with van der Waals surface area (Å²) in [5.74, 6) is 0.315. The minimum absolute atomic E-state index is 0.0341. The van der Waals surface area contributed by atoms with Gasteiger partial charge in [-0.1, -0.05) is 13.0 Å². The summed E-state index contributed by atoms with van der Waals surface area (Å²) in [7, 11) is 0. The van der Waals surface area contributed by atoms with Gasteiger partial charge in [-0.2, -0.15) is 5.10 Å². The first-order valence-corrected chi connectivity index (χ1v) is 12.3. The molecule has 1 aliphatic rings. The van der Waals surface area contributed by atoms with Crippen molar-refractivity contribution >= 4 is 22.2 Å². The van der Waals surface area contributed by atoms with Crippen molar-refractivity contribution in [3.63, 3.8) is 0 Å². The first-order valence-electron chi connectivity index (χ1n) is 11.4. The summed E-state index contributed by atoms with van der Waals surface area (Å²) in [6.45, 7) is 7.37. The molecule has 0 aliphatic carbocycles. The van der Waals surface area contributed by atoms with Crippen LogP contribution >= 0.6 is 11.3 Å². The maximum Gasteiger partial charge on any atom is 0.268 e. The maximum atomic E-state index is 13.7. The molecule has 0 atom stereocenters. The number of fused-ring (bicyclic) bond motifs is 1. The molecule has 7 nitrogen and oxygen atoms in total. The summed E-state index contributed by atoms with van der Waals surface area (Å²) in [6.07, 6.45) is 2.18. The van der Waals surface area contributed by atoms with Crippen molar-refractivity contribution in [2.75, 3.05) is 13.1 Å². The first kappa shape index (κ1) is 22.5. The lowest BCUT2D eigenvalue weighted by atomic mass is 9.99. The fourth-order valence-electron chi connectivity index (χ4n) is 4.51. The topological polar surface area (TPSA) is 72.5 Å². The van der Waals surface area contributed by atoms with E-state index in [1.54, 1.807) is 29.8 Å². The number of benzene rings is 1. The standard InChI is InChI=1S/C25H26FN5O2S/c1-15-7-9-29(10-8-15)22(32)13-20-14-34-25-27-17(3)23(24(33)30(20)25)21-11-16(2)31(28-21)19-6-4-5-18(26)12-19/h4-6,11-12,14-15H,7-10,13H2,1-3H3. The van der Waals surface area contributed by atoms with Crippen molar-refractivity contribution in [1.29, 1.82) is 0 Å². The Balaban J connectivity index is 1.53. The van der Waals surface area contributed by atoms with E-state index in [4.69, 9.17) is 0 Å². The highest BCUT2D eigenvalue weighted by molar-refractivity contribution is 7.15. The molecular weight excluding hydrogens is 453 g/mol. The Morgan fingerprint density at radius 1 is 1.21 bits per heavy atom. The minimum Gasteiger partial charge on any atom is -0.342 e. The second-order valence-corrected chi connectivity index (χ2v) is 9.86. The average molecular weight is 480 g/mol. The lowest BCUT2D eigenvalue weighted by molar-refractivity contribution is -0.131. The summed E-state index contributed by atoms with van der Waals surface area (Å²) >= 11 is 1.36. The van der Waals surface area contributed by atoms with Crippen molar-refractivity contribution in [2.45, 2.75) is 40.0 Å². The highest BCUT2D eigenvalue weighted by Crippen LogP contribution is 2.24. The fourth-order valence-corrected chi connectivity index (χ4v) is 5.44. The van der Waals surface area contributed by atoms with E-state index in [-0.39, 0.29) is 23.7 Å². The van der Waals surface area contributed by atoms with E-state index in [1.807, 2.05) is 17.2 Å². The Morgan fingerprint density at radius 2 is 1.97 bits per heavy atom. The molecular formula is C25H26FN5O2S. The Morgan fingerprint density at radius 3 is 2.71 bits per heavy atom. The summed E-state index contributed by atoms with van der Waals surface area (Å²) in [5, 5.41) is 6.44. The zero-order valence-corrected chi connectivity index (χ0v) is 20.2. The molecule has 0 spiro atoms. The van der Waals surface area contributed by atoms with Crippen LogP contribution in [0.5, 0.6) is 0 Å². The van der Waals surface area contributed by atoms with E-state index < -0.39 is 0 Å². The number of carbonyl (C=O) groups excluding carboxylic acids is 1. The number of thiazole rings is 1. The predicted octanol–water partition coefficient (Wildman–Crippen LogP) is 4.17. The number of aryl methyl sites for hydroxylation is 2. The van der Waals surface area contributed by atoms with E-state index in [1.165, 1.54) is 27.9 Å². The van der Waals surface area contributed by atoms with Gasteiger partial charge in [0.15, 0.2) is 4.96 Å². The number of aromatic nitrogens is 4. The van der Waals surface area contributed by atoms with E-state index in [0.717, 1.165) is 31.6 Å². The highest BCUT2D eigenvalue weighted by atomic mass is 32.1. The number of amides is 1. The fraction of sp³-hybridized carbons (Fsp3) is 0.360. The summed E-state index contributed by atoms with van der Waals surface area (Å²) < 4.78 is 16.9. The number of hydrogen-bond donors (Lipinski definition) is 0. The number of nitrogens with zero attached hydrogens (tertiary/aromatic N) is 5. The second kappa shape index (κ2) is 8.79. The molecule has 1 aromatic carbocycles. The molecule has 9 heteroatoms. The van der Waals surface area contributed by atoms with Crippen molar-refractivity contribution in [3.8, 4) is 16.9 Å². The van der Waals surface area contributed by atoms with Crippen LogP contribution in [0.15, 0.2) is 40.5 Å². The van der Waals surface area contributed by atoms with Gasteiger partial charge in [0.25, 0.3) is 5.56 Å². The molecule has 0 saturated carbocycles. The van der Waals surface area contributed by atoms with Gasteiger partial charge in [-0.05, 0) is 56.9 Å².